The van der Waals surface area contributed by atoms with Gasteiger partial charge >= 0.3 is 5.76 Å². The Morgan fingerprint density at radius 2 is 2.08 bits per heavy atom. The second kappa shape index (κ2) is 6.44. The fourth-order valence-electron chi connectivity index (χ4n) is 3.29. The standard InChI is InChI=1S/C17H18N2O4S2/c20-17-19(15-5-1-2-6-16(15)23-17)12-18(10-14-4-3-8-24-14)13-7-9-25(21,22)11-13/h1-6,8,13H,7,9-12H2/t13-/m0/s1. The fourth-order valence-corrected chi connectivity index (χ4v) is 5.78. The average Bonchev–Trinajstić information content (AvgIpc) is 3.27. The Balaban J connectivity index is 1.68. The van der Waals surface area contributed by atoms with E-state index in [-0.39, 0.29) is 17.5 Å². The van der Waals surface area contributed by atoms with Gasteiger partial charge in [-0.05, 0) is 30.0 Å². The molecule has 3 heterocycles. The van der Waals surface area contributed by atoms with Crippen LogP contribution in [0.25, 0.3) is 11.1 Å². The lowest BCUT2D eigenvalue weighted by molar-refractivity contribution is 0.154. The molecule has 6 nitrogen and oxygen atoms in total. The molecule has 0 saturated carbocycles. The van der Waals surface area contributed by atoms with Crippen molar-refractivity contribution in [1.29, 1.82) is 0 Å². The quantitative estimate of drug-likeness (QED) is 0.681. The molecule has 0 radical (unpaired) electrons. The molecule has 1 saturated heterocycles. The number of para-hydroxylation sites is 2. The molecule has 0 N–H and O–H groups in total. The smallest absolute Gasteiger partial charge is 0.408 e. The molecule has 1 fully saturated rings. The summed E-state index contributed by atoms with van der Waals surface area (Å²) in [6.45, 7) is 0.928. The molecule has 2 aromatic heterocycles. The van der Waals surface area contributed by atoms with E-state index in [1.807, 2.05) is 35.7 Å². The van der Waals surface area contributed by atoms with E-state index in [4.69, 9.17) is 4.42 Å². The van der Waals surface area contributed by atoms with Gasteiger partial charge in [0.2, 0.25) is 0 Å². The Labute approximate surface area is 149 Å². The zero-order chi connectivity index (χ0) is 17.4. The number of nitrogens with zero attached hydrogens (tertiary/aromatic N) is 2. The van der Waals surface area contributed by atoms with Crippen LogP contribution in [0, 0.1) is 0 Å². The SMILES string of the molecule is O=c1oc2ccccc2n1CN(Cc1cccs1)[C@H]1CCS(=O)(=O)C1. The number of fused-ring (bicyclic) bond motifs is 1. The summed E-state index contributed by atoms with van der Waals surface area (Å²) in [5.74, 6) is -0.0685. The summed E-state index contributed by atoms with van der Waals surface area (Å²) in [5, 5.41) is 2.00. The van der Waals surface area contributed by atoms with Crippen molar-refractivity contribution in [3.8, 4) is 0 Å². The maximum atomic E-state index is 12.3. The van der Waals surface area contributed by atoms with Crippen molar-refractivity contribution in [3.05, 3.63) is 57.2 Å². The lowest BCUT2D eigenvalue weighted by Gasteiger charge is -2.27. The van der Waals surface area contributed by atoms with Gasteiger partial charge in [0.25, 0.3) is 0 Å². The van der Waals surface area contributed by atoms with Gasteiger partial charge in [0.1, 0.15) is 0 Å². The van der Waals surface area contributed by atoms with Gasteiger partial charge in [0.15, 0.2) is 15.4 Å². The number of hydrogen-bond donors (Lipinski definition) is 0. The van der Waals surface area contributed by atoms with Crippen molar-refractivity contribution in [2.75, 3.05) is 11.5 Å². The topological polar surface area (TPSA) is 72.5 Å². The molecule has 8 heteroatoms. The predicted molar refractivity (Wildman–Crippen MR) is 97.4 cm³/mol. The number of oxazole rings is 1. The summed E-state index contributed by atoms with van der Waals surface area (Å²) in [6.07, 6.45) is 0.595. The van der Waals surface area contributed by atoms with Crippen molar-refractivity contribution in [2.24, 2.45) is 0 Å². The molecule has 132 valence electrons. The number of aromatic nitrogens is 1. The molecule has 3 aromatic rings. The van der Waals surface area contributed by atoms with Crippen LogP contribution in [-0.2, 0) is 23.1 Å². The Hall–Kier alpha value is -1.90. The third kappa shape index (κ3) is 3.42. The van der Waals surface area contributed by atoms with Crippen LogP contribution >= 0.6 is 11.3 Å². The Morgan fingerprint density at radius 3 is 2.80 bits per heavy atom. The molecule has 1 atom stereocenters. The molecule has 1 aliphatic heterocycles. The number of benzene rings is 1. The van der Waals surface area contributed by atoms with Crippen molar-refractivity contribution < 1.29 is 12.8 Å². The maximum Gasteiger partial charge on any atom is 0.421 e. The average molecular weight is 378 g/mol. The van der Waals surface area contributed by atoms with Crippen LogP contribution < -0.4 is 5.76 Å². The van der Waals surface area contributed by atoms with Gasteiger partial charge in [-0.15, -0.1) is 11.3 Å². The van der Waals surface area contributed by atoms with Crippen molar-refractivity contribution >= 4 is 32.3 Å². The first-order valence-electron chi connectivity index (χ1n) is 8.07. The van der Waals surface area contributed by atoms with Crippen LogP contribution in [0.3, 0.4) is 0 Å². The van der Waals surface area contributed by atoms with Crippen molar-refractivity contribution in [3.63, 3.8) is 0 Å². The number of thiophene rings is 1. The van der Waals surface area contributed by atoms with Gasteiger partial charge in [-0.1, -0.05) is 18.2 Å². The van der Waals surface area contributed by atoms with E-state index in [1.165, 1.54) is 0 Å². The Kier molecular flexibility index (Phi) is 4.26. The van der Waals surface area contributed by atoms with Gasteiger partial charge in [-0.3, -0.25) is 9.47 Å². The van der Waals surface area contributed by atoms with Crippen LogP contribution in [0.1, 0.15) is 11.3 Å². The Morgan fingerprint density at radius 1 is 1.24 bits per heavy atom. The maximum absolute atomic E-state index is 12.3. The first-order chi connectivity index (χ1) is 12.0. The van der Waals surface area contributed by atoms with E-state index in [2.05, 4.69) is 4.90 Å². The van der Waals surface area contributed by atoms with Crippen LogP contribution in [-0.4, -0.2) is 35.4 Å². The molecule has 0 amide bonds. The van der Waals surface area contributed by atoms with Crippen LogP contribution in [0.15, 0.2) is 51.0 Å². The highest BCUT2D eigenvalue weighted by Gasteiger charge is 2.33. The minimum absolute atomic E-state index is 0.0901. The van der Waals surface area contributed by atoms with Gasteiger partial charge in [-0.25, -0.2) is 13.2 Å². The molecule has 25 heavy (non-hydrogen) atoms. The lowest BCUT2D eigenvalue weighted by Crippen LogP contribution is -2.39. The summed E-state index contributed by atoms with van der Waals surface area (Å²) in [7, 11) is -3.00. The first kappa shape index (κ1) is 16.6. The van der Waals surface area contributed by atoms with Gasteiger partial charge in [0.05, 0.1) is 23.7 Å². The number of sulfone groups is 1. The highest BCUT2D eigenvalue weighted by Crippen LogP contribution is 2.23. The second-order valence-corrected chi connectivity index (χ2v) is 9.55. The third-order valence-electron chi connectivity index (χ3n) is 4.56. The summed E-state index contributed by atoms with van der Waals surface area (Å²) in [6, 6.07) is 11.2. The zero-order valence-corrected chi connectivity index (χ0v) is 15.1. The summed E-state index contributed by atoms with van der Waals surface area (Å²) >= 11 is 1.63. The summed E-state index contributed by atoms with van der Waals surface area (Å²) < 4.78 is 30.7. The van der Waals surface area contributed by atoms with E-state index in [0.717, 1.165) is 10.4 Å². The molecule has 0 unspecified atom stereocenters. The number of hydrogen-bond acceptors (Lipinski definition) is 6. The molecule has 0 bridgehead atoms. The molecule has 1 aromatic carbocycles. The molecule has 0 aliphatic carbocycles. The van der Waals surface area contributed by atoms with Crippen molar-refractivity contribution in [1.82, 2.24) is 9.47 Å². The van der Waals surface area contributed by atoms with E-state index in [0.29, 0.717) is 25.2 Å². The minimum atomic E-state index is -3.00. The largest absolute Gasteiger partial charge is 0.421 e. The fraction of sp³-hybridized carbons (Fsp3) is 0.353. The highest BCUT2D eigenvalue weighted by atomic mass is 32.2. The first-order valence-corrected chi connectivity index (χ1v) is 10.8. The summed E-state index contributed by atoms with van der Waals surface area (Å²) in [5.41, 5.74) is 1.27. The minimum Gasteiger partial charge on any atom is -0.408 e. The van der Waals surface area contributed by atoms with E-state index in [1.54, 1.807) is 22.0 Å². The molecule has 0 spiro atoms. The lowest BCUT2D eigenvalue weighted by atomic mass is 10.2. The van der Waals surface area contributed by atoms with E-state index in [9.17, 15) is 13.2 Å². The van der Waals surface area contributed by atoms with Gasteiger partial charge < -0.3 is 4.42 Å². The molecular weight excluding hydrogens is 360 g/mol. The summed E-state index contributed by atoms with van der Waals surface area (Å²) in [4.78, 5) is 15.5. The van der Waals surface area contributed by atoms with Gasteiger partial charge in [-0.2, -0.15) is 0 Å². The normalized spacial score (nSPS) is 19.8. The third-order valence-corrected chi connectivity index (χ3v) is 7.17. The monoisotopic (exact) mass is 378 g/mol. The predicted octanol–water partition coefficient (Wildman–Crippen LogP) is 2.30. The van der Waals surface area contributed by atoms with Gasteiger partial charge in [0, 0.05) is 17.5 Å². The zero-order valence-electron chi connectivity index (χ0n) is 13.5. The second-order valence-electron chi connectivity index (χ2n) is 6.29. The van der Waals surface area contributed by atoms with E-state index < -0.39 is 15.6 Å². The molecular formula is C17H18N2O4S2. The molecule has 1 aliphatic rings. The molecule has 4 rings (SSSR count). The van der Waals surface area contributed by atoms with Crippen LogP contribution in [0.5, 0.6) is 0 Å². The van der Waals surface area contributed by atoms with E-state index >= 15 is 0 Å². The Bertz CT molecular complexity index is 1030. The highest BCUT2D eigenvalue weighted by molar-refractivity contribution is 7.91. The van der Waals surface area contributed by atoms with Crippen molar-refractivity contribution in [2.45, 2.75) is 25.7 Å². The van der Waals surface area contributed by atoms with Crippen LogP contribution in [0.2, 0.25) is 0 Å². The number of rotatable bonds is 5. The van der Waals surface area contributed by atoms with Crippen LogP contribution in [0.4, 0.5) is 0 Å².